The molecule has 0 saturated carbocycles. The molecule has 0 unspecified atom stereocenters. The number of ether oxygens (including phenoxy) is 2. The molecule has 0 aliphatic carbocycles. The smallest absolute Gasteiger partial charge is 0.326 e. The Labute approximate surface area is 166 Å². The molecule has 0 atom stereocenters. The summed E-state index contributed by atoms with van der Waals surface area (Å²) in [5, 5.41) is 0. The molecule has 3 rings (SSSR count). The number of thiazole rings is 1. The standard InChI is InChI=1S/C19H15F3N2O4S/c1-2-27-17(26)9-24-18-14(22)7-12(21)8-15(18)29-19(24)23-16(25)10-28-13-5-3-11(20)4-6-13/h3-8H,2,9-10H2,1H3. The molecule has 3 aromatic rings. The van der Waals surface area contributed by atoms with Crippen molar-refractivity contribution in [2.24, 2.45) is 4.99 Å². The van der Waals surface area contributed by atoms with E-state index >= 15 is 0 Å². The van der Waals surface area contributed by atoms with Crippen LogP contribution >= 0.6 is 11.3 Å². The Hall–Kier alpha value is -3.14. The molecular weight excluding hydrogens is 409 g/mol. The van der Waals surface area contributed by atoms with Crippen molar-refractivity contribution in [1.29, 1.82) is 0 Å². The van der Waals surface area contributed by atoms with Gasteiger partial charge in [-0.1, -0.05) is 11.3 Å². The molecule has 0 aliphatic heterocycles. The van der Waals surface area contributed by atoms with Crippen LogP contribution in [0, 0.1) is 17.5 Å². The summed E-state index contributed by atoms with van der Waals surface area (Å²) in [5.74, 6) is -3.26. The number of aromatic nitrogens is 1. The number of fused-ring (bicyclic) bond motifs is 1. The Morgan fingerprint density at radius 1 is 1.10 bits per heavy atom. The molecule has 2 aromatic carbocycles. The molecule has 1 aromatic heterocycles. The fourth-order valence-corrected chi connectivity index (χ4v) is 3.60. The quantitative estimate of drug-likeness (QED) is 0.570. The van der Waals surface area contributed by atoms with Crippen LogP contribution in [0.1, 0.15) is 6.92 Å². The first-order valence-electron chi connectivity index (χ1n) is 8.47. The third-order valence-electron chi connectivity index (χ3n) is 3.68. The summed E-state index contributed by atoms with van der Waals surface area (Å²) < 4.78 is 52.2. The SMILES string of the molecule is CCOC(=O)Cn1c(=NC(=O)COc2ccc(F)cc2)sc2cc(F)cc(F)c21. The van der Waals surface area contributed by atoms with Crippen LogP contribution in [-0.2, 0) is 20.9 Å². The zero-order chi connectivity index (χ0) is 21.0. The molecule has 0 aliphatic rings. The molecule has 0 N–H and O–H groups in total. The third kappa shape index (κ3) is 5.02. The van der Waals surface area contributed by atoms with Crippen LogP contribution in [-0.4, -0.2) is 29.7 Å². The molecular formula is C19H15F3N2O4S. The van der Waals surface area contributed by atoms with E-state index in [0.29, 0.717) is 6.07 Å². The Kier molecular flexibility index (Phi) is 6.32. The van der Waals surface area contributed by atoms with E-state index in [1.807, 2.05) is 0 Å². The minimum Gasteiger partial charge on any atom is -0.484 e. The van der Waals surface area contributed by atoms with Crippen molar-refractivity contribution in [3.8, 4) is 5.75 Å². The third-order valence-corrected chi connectivity index (χ3v) is 4.71. The monoisotopic (exact) mass is 424 g/mol. The van der Waals surface area contributed by atoms with Crippen molar-refractivity contribution in [1.82, 2.24) is 4.57 Å². The van der Waals surface area contributed by atoms with E-state index in [-0.39, 0.29) is 27.4 Å². The highest BCUT2D eigenvalue weighted by Crippen LogP contribution is 2.22. The highest BCUT2D eigenvalue weighted by atomic mass is 32.1. The minimum absolute atomic E-state index is 0.00902. The lowest BCUT2D eigenvalue weighted by molar-refractivity contribution is -0.143. The van der Waals surface area contributed by atoms with Gasteiger partial charge in [0.2, 0.25) is 0 Å². The Morgan fingerprint density at radius 2 is 1.83 bits per heavy atom. The molecule has 0 radical (unpaired) electrons. The lowest BCUT2D eigenvalue weighted by atomic mass is 10.3. The largest absolute Gasteiger partial charge is 0.484 e. The number of hydrogen-bond acceptors (Lipinski definition) is 5. The molecule has 0 spiro atoms. The van der Waals surface area contributed by atoms with E-state index in [9.17, 15) is 22.8 Å². The van der Waals surface area contributed by atoms with Crippen LogP contribution in [0.25, 0.3) is 10.2 Å². The fourth-order valence-electron chi connectivity index (χ4n) is 2.51. The number of nitrogens with zero attached hydrogens (tertiary/aromatic N) is 2. The first-order chi connectivity index (χ1) is 13.9. The second-order valence-electron chi connectivity index (χ2n) is 5.76. The van der Waals surface area contributed by atoms with Gasteiger partial charge in [-0.25, -0.2) is 13.2 Å². The number of hydrogen-bond donors (Lipinski definition) is 0. The van der Waals surface area contributed by atoms with Gasteiger partial charge >= 0.3 is 5.97 Å². The van der Waals surface area contributed by atoms with Crippen LogP contribution in [0.4, 0.5) is 13.2 Å². The molecule has 10 heteroatoms. The van der Waals surface area contributed by atoms with E-state index in [1.54, 1.807) is 6.92 Å². The van der Waals surface area contributed by atoms with E-state index in [2.05, 4.69) is 4.99 Å². The normalized spacial score (nSPS) is 11.7. The highest BCUT2D eigenvalue weighted by Gasteiger charge is 2.17. The van der Waals surface area contributed by atoms with Crippen LogP contribution in [0.5, 0.6) is 5.75 Å². The predicted molar refractivity (Wildman–Crippen MR) is 98.8 cm³/mol. The van der Waals surface area contributed by atoms with E-state index in [1.165, 1.54) is 24.3 Å². The highest BCUT2D eigenvalue weighted by molar-refractivity contribution is 7.16. The van der Waals surface area contributed by atoms with Gasteiger partial charge in [-0.3, -0.25) is 9.59 Å². The topological polar surface area (TPSA) is 69.9 Å². The second-order valence-corrected chi connectivity index (χ2v) is 6.77. The first-order valence-corrected chi connectivity index (χ1v) is 9.29. The molecule has 152 valence electrons. The summed E-state index contributed by atoms with van der Waals surface area (Å²) in [6, 6.07) is 6.81. The lowest BCUT2D eigenvalue weighted by Gasteiger charge is -2.06. The van der Waals surface area contributed by atoms with Crippen LogP contribution in [0.2, 0.25) is 0 Å². The maximum absolute atomic E-state index is 14.3. The second kappa shape index (κ2) is 8.91. The van der Waals surface area contributed by atoms with Gasteiger partial charge in [-0.2, -0.15) is 4.99 Å². The van der Waals surface area contributed by atoms with Gasteiger partial charge < -0.3 is 14.0 Å². The molecule has 29 heavy (non-hydrogen) atoms. The van der Waals surface area contributed by atoms with Crippen molar-refractivity contribution in [3.63, 3.8) is 0 Å². The van der Waals surface area contributed by atoms with E-state index in [4.69, 9.17) is 9.47 Å². The number of esters is 1. The maximum atomic E-state index is 14.3. The van der Waals surface area contributed by atoms with E-state index < -0.39 is 42.5 Å². The number of benzene rings is 2. The Balaban J connectivity index is 1.93. The number of amides is 1. The van der Waals surface area contributed by atoms with E-state index in [0.717, 1.165) is 22.0 Å². The van der Waals surface area contributed by atoms with Gasteiger partial charge in [0.15, 0.2) is 17.2 Å². The number of carbonyl (C=O) groups is 2. The Bertz CT molecular complexity index is 1120. The van der Waals surface area contributed by atoms with Gasteiger partial charge in [-0.15, -0.1) is 0 Å². The summed E-state index contributed by atoms with van der Waals surface area (Å²) >= 11 is 0.847. The summed E-state index contributed by atoms with van der Waals surface area (Å²) in [4.78, 5) is 27.9. The van der Waals surface area contributed by atoms with Crippen LogP contribution in [0.3, 0.4) is 0 Å². The van der Waals surface area contributed by atoms with Gasteiger partial charge in [0.1, 0.15) is 23.9 Å². The summed E-state index contributed by atoms with van der Waals surface area (Å²) in [5.41, 5.74) is -0.0598. The summed E-state index contributed by atoms with van der Waals surface area (Å²) in [6.07, 6.45) is 0. The number of halogens is 3. The lowest BCUT2D eigenvalue weighted by Crippen LogP contribution is -2.24. The number of rotatable bonds is 6. The minimum atomic E-state index is -0.892. The van der Waals surface area contributed by atoms with Crippen molar-refractivity contribution in [2.45, 2.75) is 13.5 Å². The Morgan fingerprint density at radius 3 is 2.52 bits per heavy atom. The molecule has 1 amide bonds. The molecule has 1 heterocycles. The maximum Gasteiger partial charge on any atom is 0.326 e. The first kappa shape index (κ1) is 20.6. The van der Waals surface area contributed by atoms with Crippen molar-refractivity contribution in [2.75, 3.05) is 13.2 Å². The molecule has 0 bridgehead atoms. The predicted octanol–water partition coefficient (Wildman–Crippen LogP) is 3.19. The average Bonchev–Trinajstić information content (AvgIpc) is 2.98. The zero-order valence-corrected chi connectivity index (χ0v) is 16.0. The van der Waals surface area contributed by atoms with Gasteiger partial charge in [-0.05, 0) is 37.3 Å². The summed E-state index contributed by atoms with van der Waals surface area (Å²) in [6.45, 7) is 0.874. The van der Waals surface area contributed by atoms with Crippen molar-refractivity contribution in [3.05, 3.63) is 58.7 Å². The molecule has 6 nitrogen and oxygen atoms in total. The van der Waals surface area contributed by atoms with Gasteiger partial charge in [0.05, 0.1) is 16.8 Å². The van der Waals surface area contributed by atoms with Crippen molar-refractivity contribution < 1.29 is 32.2 Å². The number of carbonyl (C=O) groups excluding carboxylic acids is 2. The fraction of sp³-hybridized carbons (Fsp3) is 0.211. The van der Waals surface area contributed by atoms with Crippen LogP contribution < -0.4 is 9.54 Å². The van der Waals surface area contributed by atoms with Gasteiger partial charge in [0.25, 0.3) is 5.91 Å². The zero-order valence-electron chi connectivity index (χ0n) is 15.2. The summed E-state index contributed by atoms with van der Waals surface area (Å²) in [7, 11) is 0. The van der Waals surface area contributed by atoms with Gasteiger partial charge in [0, 0.05) is 6.07 Å². The molecule has 0 saturated heterocycles. The average molecular weight is 424 g/mol. The molecule has 0 fully saturated rings. The van der Waals surface area contributed by atoms with Crippen LogP contribution in [0.15, 0.2) is 41.4 Å². The van der Waals surface area contributed by atoms with Crippen molar-refractivity contribution >= 4 is 33.4 Å².